The Balaban J connectivity index is 1.36. The minimum absolute atomic E-state index is 0.220. The Labute approximate surface area is 188 Å². The van der Waals surface area contributed by atoms with Gasteiger partial charge in [-0.3, -0.25) is 0 Å². The average molecular weight is 457 g/mol. The van der Waals surface area contributed by atoms with E-state index in [0.29, 0.717) is 40.4 Å². The molecule has 0 bridgehead atoms. The SMILES string of the molecule is CC(C)c1noc(C2CCN(c3nc4c(c(Nc5cccc(F)c5)n3)[S+]([O-])CC4)CC2)n1. The van der Waals surface area contributed by atoms with E-state index < -0.39 is 11.2 Å². The zero-order valence-corrected chi connectivity index (χ0v) is 18.9. The maximum absolute atomic E-state index is 13.7. The van der Waals surface area contributed by atoms with Gasteiger partial charge in [-0.15, -0.1) is 0 Å². The van der Waals surface area contributed by atoms with Crippen molar-refractivity contribution in [2.75, 3.05) is 29.1 Å². The Morgan fingerprint density at radius 2 is 2.03 bits per heavy atom. The molecule has 1 N–H and O–H groups in total. The van der Waals surface area contributed by atoms with Crippen LogP contribution in [-0.2, 0) is 17.6 Å². The molecule has 8 nitrogen and oxygen atoms in total. The maximum atomic E-state index is 13.7. The highest BCUT2D eigenvalue weighted by Crippen LogP contribution is 2.35. The fourth-order valence-electron chi connectivity index (χ4n) is 4.09. The second kappa shape index (κ2) is 8.67. The number of benzene rings is 1. The Kier molecular flexibility index (Phi) is 5.73. The van der Waals surface area contributed by atoms with Gasteiger partial charge in [-0.05, 0) is 42.2 Å². The first-order valence-corrected chi connectivity index (χ1v) is 12.2. The van der Waals surface area contributed by atoms with Gasteiger partial charge in [0.15, 0.2) is 11.6 Å². The number of aryl methyl sites for hydroxylation is 1. The van der Waals surface area contributed by atoms with Crippen LogP contribution in [0.25, 0.3) is 0 Å². The van der Waals surface area contributed by atoms with Crippen molar-refractivity contribution in [2.24, 2.45) is 0 Å². The number of rotatable bonds is 5. The second-order valence-electron chi connectivity index (χ2n) is 8.49. The highest BCUT2D eigenvalue weighted by molar-refractivity contribution is 7.91. The van der Waals surface area contributed by atoms with Crippen molar-refractivity contribution in [1.82, 2.24) is 20.1 Å². The fourth-order valence-corrected chi connectivity index (χ4v) is 5.39. The molecule has 0 spiro atoms. The smallest absolute Gasteiger partial charge is 0.229 e. The monoisotopic (exact) mass is 456 g/mol. The van der Waals surface area contributed by atoms with Gasteiger partial charge < -0.3 is 19.3 Å². The number of piperidine rings is 1. The van der Waals surface area contributed by atoms with Crippen molar-refractivity contribution in [3.05, 3.63) is 47.5 Å². The van der Waals surface area contributed by atoms with E-state index in [-0.39, 0.29) is 17.7 Å². The summed E-state index contributed by atoms with van der Waals surface area (Å²) in [7, 11) is 0. The van der Waals surface area contributed by atoms with Crippen LogP contribution in [0, 0.1) is 5.82 Å². The normalized spacial score (nSPS) is 18.9. The van der Waals surface area contributed by atoms with Crippen molar-refractivity contribution < 1.29 is 13.5 Å². The number of nitrogens with zero attached hydrogens (tertiary/aromatic N) is 5. The van der Waals surface area contributed by atoms with Crippen LogP contribution in [0.3, 0.4) is 0 Å². The molecule has 5 rings (SSSR count). The second-order valence-corrected chi connectivity index (χ2v) is 10.00. The highest BCUT2D eigenvalue weighted by atomic mass is 32.2. The van der Waals surface area contributed by atoms with Crippen molar-refractivity contribution in [2.45, 2.75) is 49.8 Å². The fraction of sp³-hybridized carbons (Fsp3) is 0.455. The molecular formula is C22H25FN6O2S. The Morgan fingerprint density at radius 1 is 1.22 bits per heavy atom. The lowest BCUT2D eigenvalue weighted by molar-refractivity contribution is 0.325. The van der Waals surface area contributed by atoms with Gasteiger partial charge in [0.1, 0.15) is 17.3 Å². The quantitative estimate of drug-likeness (QED) is 0.577. The topological polar surface area (TPSA) is 103 Å². The lowest BCUT2D eigenvalue weighted by Gasteiger charge is -2.30. The van der Waals surface area contributed by atoms with E-state index in [1.165, 1.54) is 12.1 Å². The molecule has 1 aromatic carbocycles. The number of halogens is 1. The first-order chi connectivity index (χ1) is 15.5. The molecule has 1 unspecified atom stereocenters. The van der Waals surface area contributed by atoms with Crippen LogP contribution in [0.4, 0.5) is 21.8 Å². The summed E-state index contributed by atoms with van der Waals surface area (Å²) < 4.78 is 31.7. The molecule has 4 heterocycles. The third kappa shape index (κ3) is 4.16. The lowest BCUT2D eigenvalue weighted by Crippen LogP contribution is -2.34. The summed E-state index contributed by atoms with van der Waals surface area (Å²) in [6.07, 6.45) is 2.36. The zero-order chi connectivity index (χ0) is 22.2. The van der Waals surface area contributed by atoms with Gasteiger partial charge in [0.2, 0.25) is 16.7 Å². The van der Waals surface area contributed by atoms with Crippen LogP contribution >= 0.6 is 0 Å². The molecule has 0 saturated carbocycles. The minimum Gasteiger partial charge on any atom is -0.611 e. The van der Waals surface area contributed by atoms with Gasteiger partial charge in [0, 0.05) is 37.0 Å². The number of nitrogens with one attached hydrogen (secondary N) is 1. The van der Waals surface area contributed by atoms with Crippen molar-refractivity contribution in [1.29, 1.82) is 0 Å². The molecule has 32 heavy (non-hydrogen) atoms. The van der Waals surface area contributed by atoms with E-state index in [9.17, 15) is 8.94 Å². The third-order valence-corrected chi connectivity index (χ3v) is 7.32. The van der Waals surface area contributed by atoms with Crippen LogP contribution in [0.2, 0.25) is 0 Å². The van der Waals surface area contributed by atoms with E-state index in [0.717, 1.165) is 37.4 Å². The Morgan fingerprint density at radius 3 is 2.75 bits per heavy atom. The zero-order valence-electron chi connectivity index (χ0n) is 18.0. The molecule has 2 aromatic heterocycles. The van der Waals surface area contributed by atoms with E-state index >= 15 is 0 Å². The van der Waals surface area contributed by atoms with Crippen LogP contribution in [0.1, 0.15) is 55.9 Å². The Bertz CT molecular complexity index is 1120. The first-order valence-electron chi connectivity index (χ1n) is 10.9. The largest absolute Gasteiger partial charge is 0.611 e. The van der Waals surface area contributed by atoms with E-state index in [4.69, 9.17) is 14.5 Å². The van der Waals surface area contributed by atoms with Crippen molar-refractivity contribution >= 4 is 28.6 Å². The van der Waals surface area contributed by atoms with Gasteiger partial charge in [-0.1, -0.05) is 25.1 Å². The molecule has 1 saturated heterocycles. The lowest BCUT2D eigenvalue weighted by atomic mass is 9.97. The number of fused-ring (bicyclic) bond motifs is 1. The van der Waals surface area contributed by atoms with Crippen LogP contribution < -0.4 is 10.2 Å². The minimum atomic E-state index is -1.16. The standard InChI is InChI=1S/C22H25FN6O2S/c1-13(2)19-26-21(31-28-19)14-6-9-29(10-7-14)22-25-17-8-11-32(30)18(17)20(27-22)24-16-5-3-4-15(23)12-16/h3-5,12-14H,6-11H2,1-2H3,(H,24,25,27). The van der Waals surface area contributed by atoms with E-state index in [1.807, 2.05) is 13.8 Å². The molecule has 3 aromatic rings. The highest BCUT2D eigenvalue weighted by Gasteiger charge is 2.34. The summed E-state index contributed by atoms with van der Waals surface area (Å²) in [5, 5.41) is 7.24. The first kappa shape index (κ1) is 21.1. The summed E-state index contributed by atoms with van der Waals surface area (Å²) in [5.41, 5.74) is 1.37. The number of aromatic nitrogens is 4. The van der Waals surface area contributed by atoms with Gasteiger partial charge in [0.05, 0.1) is 0 Å². The molecule has 168 valence electrons. The number of hydrogen-bond acceptors (Lipinski definition) is 8. The third-order valence-electron chi connectivity index (χ3n) is 5.86. The molecule has 1 atom stereocenters. The van der Waals surface area contributed by atoms with Gasteiger partial charge in [-0.2, -0.15) is 9.97 Å². The number of anilines is 3. The summed E-state index contributed by atoms with van der Waals surface area (Å²) in [6.45, 7) is 5.60. The van der Waals surface area contributed by atoms with Crippen molar-refractivity contribution in [3.8, 4) is 0 Å². The molecule has 1 fully saturated rings. The predicted molar refractivity (Wildman–Crippen MR) is 119 cm³/mol. The molecule has 0 amide bonds. The maximum Gasteiger partial charge on any atom is 0.229 e. The predicted octanol–water partition coefficient (Wildman–Crippen LogP) is 3.91. The van der Waals surface area contributed by atoms with Gasteiger partial charge >= 0.3 is 0 Å². The van der Waals surface area contributed by atoms with Crippen LogP contribution in [0.15, 0.2) is 33.7 Å². The molecule has 10 heteroatoms. The summed E-state index contributed by atoms with van der Waals surface area (Å²) in [6, 6.07) is 6.17. The van der Waals surface area contributed by atoms with Crippen LogP contribution in [-0.4, -0.2) is 43.5 Å². The van der Waals surface area contributed by atoms with E-state index in [2.05, 4.69) is 20.4 Å². The number of hydrogen-bond donors (Lipinski definition) is 1. The molecule has 2 aliphatic heterocycles. The average Bonchev–Trinajstić information content (AvgIpc) is 3.42. The van der Waals surface area contributed by atoms with Gasteiger partial charge in [-0.25, -0.2) is 9.37 Å². The van der Waals surface area contributed by atoms with Crippen LogP contribution in [0.5, 0.6) is 0 Å². The Hall–Kier alpha value is -2.72. The molecule has 0 aliphatic carbocycles. The molecular weight excluding hydrogens is 431 g/mol. The summed E-state index contributed by atoms with van der Waals surface area (Å²) in [4.78, 5) is 16.7. The summed E-state index contributed by atoms with van der Waals surface area (Å²) in [5.74, 6) is 3.19. The van der Waals surface area contributed by atoms with Crippen molar-refractivity contribution in [3.63, 3.8) is 0 Å². The molecule has 0 radical (unpaired) electrons. The van der Waals surface area contributed by atoms with E-state index in [1.54, 1.807) is 12.1 Å². The molecule has 2 aliphatic rings. The summed E-state index contributed by atoms with van der Waals surface area (Å²) >= 11 is -1.16. The van der Waals surface area contributed by atoms with Gasteiger partial charge in [0.25, 0.3) is 0 Å².